The third-order valence-corrected chi connectivity index (χ3v) is 5.35. The van der Waals surface area contributed by atoms with E-state index in [2.05, 4.69) is 10.6 Å². The quantitative estimate of drug-likeness (QED) is 0.487. The Morgan fingerprint density at radius 2 is 2.17 bits per heavy atom. The summed E-state index contributed by atoms with van der Waals surface area (Å²) in [6, 6.07) is 13.6. The minimum atomic E-state index is -0.780. The normalized spacial score (nSPS) is 18.3. The first-order chi connectivity index (χ1) is 14.1. The van der Waals surface area contributed by atoms with Gasteiger partial charge in [-0.1, -0.05) is 12.1 Å². The van der Waals surface area contributed by atoms with E-state index in [1.165, 1.54) is 0 Å². The third kappa shape index (κ3) is 3.09. The van der Waals surface area contributed by atoms with Crippen LogP contribution >= 0.6 is 0 Å². The molecule has 0 amide bonds. The smallest absolute Gasteiger partial charge is 0.198 e. The minimum Gasteiger partial charge on any atom is -0.497 e. The van der Waals surface area contributed by atoms with Gasteiger partial charge in [-0.3, -0.25) is 4.40 Å². The van der Waals surface area contributed by atoms with Crippen LogP contribution in [0.4, 0.5) is 17.4 Å². The number of pyridine rings is 1. The maximum absolute atomic E-state index is 10.9. The summed E-state index contributed by atoms with van der Waals surface area (Å²) in [6.07, 6.45) is 3.52. The van der Waals surface area contributed by atoms with Gasteiger partial charge in [-0.15, -0.1) is 0 Å². The summed E-state index contributed by atoms with van der Waals surface area (Å²) in [7, 11) is 1.63. The molecule has 5 rings (SSSR count). The van der Waals surface area contributed by atoms with Crippen molar-refractivity contribution in [3.05, 3.63) is 71.7 Å². The molecule has 7 heteroatoms. The molecule has 2 atom stereocenters. The van der Waals surface area contributed by atoms with Crippen LogP contribution in [0.2, 0.25) is 0 Å². The first-order valence-corrected chi connectivity index (χ1v) is 9.53. The van der Waals surface area contributed by atoms with E-state index >= 15 is 0 Å². The van der Waals surface area contributed by atoms with Gasteiger partial charge in [-0.05, 0) is 42.7 Å². The molecule has 0 bridgehead atoms. The number of aryl methyl sites for hydroxylation is 1. The fourth-order valence-corrected chi connectivity index (χ4v) is 3.87. The molecule has 0 saturated carbocycles. The summed E-state index contributed by atoms with van der Waals surface area (Å²) in [5.74, 6) is 1.94. The number of nitrogens with one attached hydrogen (secondary N) is 2. The number of methoxy groups -OCH3 is 1. The molecule has 2 unspecified atom stereocenters. The van der Waals surface area contributed by atoms with E-state index in [0.717, 1.165) is 39.7 Å². The monoisotopic (exact) mass is 390 g/mol. The molecule has 1 aliphatic heterocycles. The second-order valence-electron chi connectivity index (χ2n) is 7.31. The van der Waals surface area contributed by atoms with Gasteiger partial charge in [0.05, 0.1) is 25.0 Å². The lowest BCUT2D eigenvalue weighted by Crippen LogP contribution is -2.33. The molecule has 3 N–H and O–H groups in total. The highest BCUT2D eigenvalue weighted by Gasteiger charge is 2.33. The summed E-state index contributed by atoms with van der Waals surface area (Å²) in [5.41, 5.74) is 4.70. The van der Waals surface area contributed by atoms with Gasteiger partial charge < -0.3 is 24.9 Å². The van der Waals surface area contributed by atoms with Crippen molar-refractivity contribution in [2.75, 3.05) is 17.7 Å². The van der Waals surface area contributed by atoms with Gasteiger partial charge in [-0.2, -0.15) is 0 Å². The maximum Gasteiger partial charge on any atom is 0.198 e. The van der Waals surface area contributed by atoms with Crippen LogP contribution in [-0.4, -0.2) is 27.8 Å². The van der Waals surface area contributed by atoms with Gasteiger partial charge in [0.15, 0.2) is 5.88 Å². The van der Waals surface area contributed by atoms with Gasteiger partial charge >= 0.3 is 0 Å². The Kier molecular flexibility index (Phi) is 4.17. The van der Waals surface area contributed by atoms with Crippen LogP contribution in [-0.2, 0) is 6.42 Å². The number of aliphatic hydroxyl groups is 1. The summed E-state index contributed by atoms with van der Waals surface area (Å²) in [5, 5.41) is 17.4. The molecule has 0 spiro atoms. The van der Waals surface area contributed by atoms with Crippen molar-refractivity contribution in [2.24, 2.45) is 0 Å². The van der Waals surface area contributed by atoms with E-state index in [-0.39, 0.29) is 5.92 Å². The lowest BCUT2D eigenvalue weighted by molar-refractivity contribution is 0.164. The zero-order chi connectivity index (χ0) is 20.0. The summed E-state index contributed by atoms with van der Waals surface area (Å²) >= 11 is 0. The molecule has 148 valence electrons. The first-order valence-electron chi connectivity index (χ1n) is 9.53. The fourth-order valence-electron chi connectivity index (χ4n) is 3.87. The highest BCUT2D eigenvalue weighted by atomic mass is 16.5. The van der Waals surface area contributed by atoms with Crippen LogP contribution in [0.5, 0.6) is 5.75 Å². The topological polar surface area (TPSA) is 84.0 Å². The third-order valence-electron chi connectivity index (χ3n) is 5.35. The van der Waals surface area contributed by atoms with Crippen molar-refractivity contribution in [2.45, 2.75) is 25.5 Å². The molecule has 0 fully saturated rings. The SMILES string of the molecule is COc1ccc2c(c1)NC(O)C(c1nc3ccc(C)cn3c1Nc1ccco1)C2. The van der Waals surface area contributed by atoms with E-state index < -0.39 is 6.23 Å². The first kappa shape index (κ1) is 17.6. The molecule has 1 aromatic carbocycles. The Hall–Kier alpha value is -3.45. The molecule has 0 saturated heterocycles. The Bertz CT molecular complexity index is 1170. The number of hydrogen-bond donors (Lipinski definition) is 3. The highest BCUT2D eigenvalue weighted by Crippen LogP contribution is 2.39. The number of fused-ring (bicyclic) bond motifs is 2. The number of ether oxygens (including phenoxy) is 1. The van der Waals surface area contributed by atoms with Gasteiger partial charge in [0.25, 0.3) is 0 Å². The zero-order valence-corrected chi connectivity index (χ0v) is 16.2. The number of aromatic nitrogens is 2. The van der Waals surface area contributed by atoms with Gasteiger partial charge in [-0.25, -0.2) is 4.98 Å². The summed E-state index contributed by atoms with van der Waals surface area (Å²) in [6.45, 7) is 2.04. The molecule has 1 aliphatic rings. The second-order valence-corrected chi connectivity index (χ2v) is 7.31. The zero-order valence-electron chi connectivity index (χ0n) is 16.2. The number of hydrogen-bond acceptors (Lipinski definition) is 6. The standard InChI is InChI=1S/C22H22N4O3/c1-13-5-8-18-24-20(21(26(18)12-13)25-19-4-3-9-29-19)16-10-14-6-7-15(28-2)11-17(14)23-22(16)27/h3-9,11-12,16,22-23,25,27H,10H2,1-2H3. The Labute approximate surface area is 168 Å². The number of anilines is 3. The lowest BCUT2D eigenvalue weighted by Gasteiger charge is -2.31. The summed E-state index contributed by atoms with van der Waals surface area (Å²) in [4.78, 5) is 4.85. The van der Waals surface area contributed by atoms with E-state index in [0.29, 0.717) is 12.3 Å². The molecule has 3 aromatic heterocycles. The van der Waals surface area contributed by atoms with E-state index in [1.807, 2.05) is 60.0 Å². The van der Waals surface area contributed by atoms with Gasteiger partial charge in [0, 0.05) is 24.0 Å². The predicted molar refractivity (Wildman–Crippen MR) is 111 cm³/mol. The number of nitrogens with zero attached hydrogens (tertiary/aromatic N) is 2. The van der Waals surface area contributed by atoms with Gasteiger partial charge in [0.2, 0.25) is 0 Å². The average molecular weight is 390 g/mol. The fraction of sp³-hybridized carbons (Fsp3) is 0.227. The maximum atomic E-state index is 10.9. The number of aliphatic hydroxyl groups excluding tert-OH is 1. The lowest BCUT2D eigenvalue weighted by atomic mass is 9.89. The van der Waals surface area contributed by atoms with Crippen LogP contribution in [0.15, 0.2) is 59.3 Å². The van der Waals surface area contributed by atoms with E-state index in [9.17, 15) is 5.11 Å². The van der Waals surface area contributed by atoms with Crippen LogP contribution in [0.25, 0.3) is 5.65 Å². The van der Waals surface area contributed by atoms with Crippen molar-refractivity contribution >= 4 is 23.0 Å². The van der Waals surface area contributed by atoms with Crippen molar-refractivity contribution in [1.82, 2.24) is 9.38 Å². The van der Waals surface area contributed by atoms with Crippen molar-refractivity contribution in [3.8, 4) is 5.75 Å². The molecule has 29 heavy (non-hydrogen) atoms. The minimum absolute atomic E-state index is 0.228. The molecular weight excluding hydrogens is 368 g/mol. The van der Waals surface area contributed by atoms with Crippen LogP contribution in [0.3, 0.4) is 0 Å². The Morgan fingerprint density at radius 3 is 2.97 bits per heavy atom. The molecule has 7 nitrogen and oxygen atoms in total. The summed E-state index contributed by atoms with van der Waals surface area (Å²) < 4.78 is 12.8. The van der Waals surface area contributed by atoms with E-state index in [1.54, 1.807) is 13.4 Å². The Balaban J connectivity index is 1.60. The number of furan rings is 1. The largest absolute Gasteiger partial charge is 0.497 e. The van der Waals surface area contributed by atoms with Crippen LogP contribution in [0, 0.1) is 6.92 Å². The van der Waals surface area contributed by atoms with E-state index in [4.69, 9.17) is 14.1 Å². The second kappa shape index (κ2) is 6.86. The molecule has 4 aromatic rings. The highest BCUT2D eigenvalue weighted by molar-refractivity contribution is 5.65. The van der Waals surface area contributed by atoms with Crippen molar-refractivity contribution in [3.63, 3.8) is 0 Å². The van der Waals surface area contributed by atoms with Crippen LogP contribution in [0.1, 0.15) is 22.7 Å². The predicted octanol–water partition coefficient (Wildman–Crippen LogP) is 4.06. The number of rotatable bonds is 4. The van der Waals surface area contributed by atoms with Crippen molar-refractivity contribution < 1.29 is 14.3 Å². The van der Waals surface area contributed by atoms with Gasteiger partial charge in [0.1, 0.15) is 23.4 Å². The molecular formula is C22H22N4O3. The number of imidazole rings is 1. The average Bonchev–Trinajstić information content (AvgIpc) is 3.35. The molecule has 0 aliphatic carbocycles. The molecule has 4 heterocycles. The van der Waals surface area contributed by atoms with Crippen LogP contribution < -0.4 is 15.4 Å². The Morgan fingerprint density at radius 1 is 1.28 bits per heavy atom. The van der Waals surface area contributed by atoms with Crippen molar-refractivity contribution in [1.29, 1.82) is 0 Å². The molecule has 0 radical (unpaired) electrons. The number of benzene rings is 1.